The number of carbonyl (C=O) groups is 1. The molecular weight excluding hydrogens is 345 g/mol. The van der Waals surface area contributed by atoms with Crippen LogP contribution in [0.15, 0.2) is 60.7 Å². The predicted octanol–water partition coefficient (Wildman–Crippen LogP) is 5.48. The van der Waals surface area contributed by atoms with Crippen molar-refractivity contribution >= 4 is 21.1 Å². The molecular formula is C24H36AlNO. The van der Waals surface area contributed by atoms with Crippen molar-refractivity contribution in [2.45, 2.75) is 44.2 Å². The highest BCUT2D eigenvalue weighted by Crippen LogP contribution is 2.25. The molecule has 2 rings (SSSR count). The van der Waals surface area contributed by atoms with Gasteiger partial charge >= 0.3 is 0 Å². The van der Waals surface area contributed by atoms with Crippen LogP contribution in [-0.2, 0) is 4.79 Å². The summed E-state index contributed by atoms with van der Waals surface area (Å²) < 4.78 is 0. The lowest BCUT2D eigenvalue weighted by atomic mass is 9.90. The van der Waals surface area contributed by atoms with E-state index in [9.17, 15) is 4.79 Å². The zero-order valence-corrected chi connectivity index (χ0v) is 19.4. The smallest absolute Gasteiger partial charge is 0.237 e. The summed E-state index contributed by atoms with van der Waals surface area (Å²) in [6, 6.07) is 19.8. The molecule has 0 aliphatic carbocycles. The van der Waals surface area contributed by atoms with Crippen LogP contribution in [0.25, 0.3) is 0 Å². The fourth-order valence-corrected chi connectivity index (χ4v) is 4.83. The summed E-state index contributed by atoms with van der Waals surface area (Å²) >= 11 is 0.316. The number of benzene rings is 2. The fraction of sp³-hybridized carbons (Fsp3) is 0.458. The van der Waals surface area contributed by atoms with Crippen LogP contribution in [0.2, 0.25) is 10.6 Å². The Morgan fingerprint density at radius 2 is 1.15 bits per heavy atom. The molecule has 1 amide bonds. The maximum atomic E-state index is 12.4. The van der Waals surface area contributed by atoms with Crippen molar-refractivity contribution in [1.29, 1.82) is 0 Å². The Morgan fingerprint density at radius 1 is 0.778 bits per heavy atom. The van der Waals surface area contributed by atoms with Crippen LogP contribution in [0.1, 0.15) is 44.7 Å². The number of nitrogens with zero attached hydrogens (tertiary/aromatic N) is 1. The number of hydrogen-bond acceptors (Lipinski definition) is 1. The second-order valence-corrected chi connectivity index (χ2v) is 10.1. The molecule has 0 aliphatic heterocycles. The summed E-state index contributed by atoms with van der Waals surface area (Å²) in [7, 11) is 3.59. The Kier molecular flexibility index (Phi) is 11.1. The number of rotatable bonds is 7. The molecule has 0 atom stereocenters. The molecule has 0 aliphatic rings. The highest BCUT2D eigenvalue weighted by Gasteiger charge is 2.23. The summed E-state index contributed by atoms with van der Waals surface area (Å²) in [4.78, 5) is 14.0. The molecule has 0 saturated carbocycles. The lowest BCUT2D eigenvalue weighted by Gasteiger charge is -2.21. The lowest BCUT2D eigenvalue weighted by Crippen LogP contribution is -2.28. The summed E-state index contributed by atoms with van der Waals surface area (Å²) in [6.07, 6.45) is 0. The van der Waals surface area contributed by atoms with E-state index in [1.807, 2.05) is 60.7 Å². The van der Waals surface area contributed by atoms with Gasteiger partial charge in [0.2, 0.25) is 21.1 Å². The van der Waals surface area contributed by atoms with Gasteiger partial charge < -0.3 is 4.90 Å². The molecule has 146 valence electrons. The summed E-state index contributed by atoms with van der Waals surface area (Å²) in [6.45, 7) is 9.31. The fourth-order valence-electron chi connectivity index (χ4n) is 2.96. The molecule has 0 spiro atoms. The van der Waals surface area contributed by atoms with Crippen molar-refractivity contribution in [2.24, 2.45) is 11.8 Å². The van der Waals surface area contributed by atoms with E-state index < -0.39 is 0 Å². The minimum Gasteiger partial charge on any atom is -0.348 e. The van der Waals surface area contributed by atoms with Gasteiger partial charge in [0.05, 0.1) is 5.92 Å². The molecule has 0 bridgehead atoms. The largest absolute Gasteiger partial charge is 0.348 e. The van der Waals surface area contributed by atoms with E-state index in [4.69, 9.17) is 0 Å². The Morgan fingerprint density at radius 3 is 1.44 bits per heavy atom. The lowest BCUT2D eigenvalue weighted by molar-refractivity contribution is -0.129. The van der Waals surface area contributed by atoms with Gasteiger partial charge in [0.15, 0.2) is 0 Å². The third-order valence-electron chi connectivity index (χ3n) is 4.52. The van der Waals surface area contributed by atoms with E-state index in [1.54, 1.807) is 19.0 Å². The van der Waals surface area contributed by atoms with Crippen LogP contribution in [0, 0.1) is 11.8 Å². The minimum atomic E-state index is -0.220. The monoisotopic (exact) mass is 381 g/mol. The van der Waals surface area contributed by atoms with Gasteiger partial charge in [-0.3, -0.25) is 4.79 Å². The maximum Gasteiger partial charge on any atom is 0.237 e. The number of likely N-dealkylation sites (N-methyl/N-ethyl adjacent to an activating group) is 1. The van der Waals surface area contributed by atoms with Gasteiger partial charge in [-0.25, -0.2) is 0 Å². The first kappa shape index (κ1) is 23.5. The normalized spacial score (nSPS) is 10.6. The van der Waals surface area contributed by atoms with E-state index in [-0.39, 0.29) is 11.8 Å². The number of carbonyl (C=O) groups excluding carboxylic acids is 1. The molecule has 0 saturated heterocycles. The predicted molar refractivity (Wildman–Crippen MR) is 120 cm³/mol. The van der Waals surface area contributed by atoms with Gasteiger partial charge in [0.1, 0.15) is 0 Å². The van der Waals surface area contributed by atoms with Crippen molar-refractivity contribution in [1.82, 2.24) is 4.90 Å². The maximum absolute atomic E-state index is 12.4. The molecule has 27 heavy (non-hydrogen) atoms. The van der Waals surface area contributed by atoms with Crippen molar-refractivity contribution in [2.75, 3.05) is 14.1 Å². The van der Waals surface area contributed by atoms with Crippen LogP contribution in [0.4, 0.5) is 0 Å². The molecule has 0 radical (unpaired) electrons. The Bertz CT molecular complexity index is 590. The van der Waals surface area contributed by atoms with E-state index in [0.717, 1.165) is 23.0 Å². The van der Waals surface area contributed by atoms with Crippen LogP contribution >= 0.6 is 0 Å². The van der Waals surface area contributed by atoms with Crippen LogP contribution in [0.5, 0.6) is 0 Å². The molecule has 0 unspecified atom stereocenters. The molecule has 2 aromatic carbocycles. The Hall–Kier alpha value is -1.56. The van der Waals surface area contributed by atoms with E-state index in [2.05, 4.69) is 27.7 Å². The van der Waals surface area contributed by atoms with Gasteiger partial charge in [0.25, 0.3) is 0 Å². The van der Waals surface area contributed by atoms with Gasteiger partial charge in [-0.15, -0.1) is 0 Å². The average Bonchev–Trinajstić information content (AvgIpc) is 2.63. The van der Waals surface area contributed by atoms with Crippen molar-refractivity contribution in [3.63, 3.8) is 0 Å². The van der Waals surface area contributed by atoms with Gasteiger partial charge in [-0.1, -0.05) is 111 Å². The molecule has 0 fully saturated rings. The quantitative estimate of drug-likeness (QED) is 0.582. The topological polar surface area (TPSA) is 20.3 Å². The summed E-state index contributed by atoms with van der Waals surface area (Å²) in [5.74, 6) is 1.79. The third kappa shape index (κ3) is 9.27. The van der Waals surface area contributed by atoms with E-state index in [1.165, 1.54) is 10.6 Å². The first-order valence-corrected chi connectivity index (χ1v) is 12.1. The molecule has 3 heteroatoms. The van der Waals surface area contributed by atoms with Crippen LogP contribution in [0.3, 0.4) is 0 Å². The second kappa shape index (κ2) is 12.8. The van der Waals surface area contributed by atoms with Crippen molar-refractivity contribution in [3.8, 4) is 0 Å². The van der Waals surface area contributed by atoms with E-state index >= 15 is 0 Å². The van der Waals surface area contributed by atoms with Gasteiger partial charge in [-0.2, -0.15) is 0 Å². The standard InChI is InChI=1S/C16H17NO.2C4H9.Al.H/c1-17(2)16(18)15(13-9-5-3-6-10-13)14-11-7-4-8-12-14;2*1-4(2)3;;/h3-12,15H,1-2H3;2*4H,1H2,2-3H3;;. The first-order valence-electron chi connectivity index (χ1n) is 10.1. The van der Waals surface area contributed by atoms with Crippen LogP contribution < -0.4 is 0 Å². The second-order valence-electron chi connectivity index (χ2n) is 8.21. The highest BCUT2D eigenvalue weighted by molar-refractivity contribution is 6.35. The summed E-state index contributed by atoms with van der Waals surface area (Å²) in [5.41, 5.74) is 2.06. The molecule has 0 aromatic heterocycles. The van der Waals surface area contributed by atoms with Crippen molar-refractivity contribution < 1.29 is 4.79 Å². The van der Waals surface area contributed by atoms with E-state index in [0.29, 0.717) is 15.2 Å². The van der Waals surface area contributed by atoms with Crippen LogP contribution in [-0.4, -0.2) is 40.1 Å². The molecule has 2 aromatic rings. The third-order valence-corrected chi connectivity index (χ3v) is 7.64. The Labute approximate surface area is 172 Å². The average molecular weight is 382 g/mol. The van der Waals surface area contributed by atoms with Gasteiger partial charge in [0, 0.05) is 14.1 Å². The number of hydrogen-bond donors (Lipinski definition) is 0. The zero-order chi connectivity index (χ0) is 20.2. The molecule has 0 heterocycles. The first-order chi connectivity index (χ1) is 12.8. The Balaban J connectivity index is 0.000000345. The number of amides is 1. The molecule has 0 N–H and O–H groups in total. The van der Waals surface area contributed by atoms with Crippen molar-refractivity contribution in [3.05, 3.63) is 71.8 Å². The zero-order valence-electron chi connectivity index (χ0n) is 18.0. The highest BCUT2D eigenvalue weighted by atomic mass is 27.1. The minimum absolute atomic E-state index is 0.104. The molecule has 2 nitrogen and oxygen atoms in total. The van der Waals surface area contributed by atoms with Gasteiger partial charge in [-0.05, 0) is 11.1 Å². The summed E-state index contributed by atoms with van der Waals surface area (Å²) in [5, 5.41) is 3.08. The SMILES string of the molecule is CC(C)[CH2][AlH][CH2]C(C)C.CN(C)C(=O)C(c1ccccc1)c1ccccc1.